The Balaban J connectivity index is 1.46. The van der Waals surface area contributed by atoms with Crippen LogP contribution in [-0.2, 0) is 21.3 Å². The highest BCUT2D eigenvalue weighted by Crippen LogP contribution is 2.39. The Morgan fingerprint density at radius 2 is 1.89 bits per heavy atom. The zero-order chi connectivity index (χ0) is 20.2. The second kappa shape index (κ2) is 9.24. The molecule has 0 aromatic heterocycles. The molecule has 3 rings (SSSR count). The predicted molar refractivity (Wildman–Crippen MR) is 114 cm³/mol. The van der Waals surface area contributed by atoms with Crippen molar-refractivity contribution >= 4 is 10.0 Å². The summed E-state index contributed by atoms with van der Waals surface area (Å²) >= 11 is 0. The normalized spacial score (nSPS) is 23.4. The minimum absolute atomic E-state index is 0.00596. The first-order chi connectivity index (χ1) is 13.2. The Morgan fingerprint density at radius 1 is 1.21 bits per heavy atom. The van der Waals surface area contributed by atoms with Gasteiger partial charge in [-0.25, -0.2) is 13.1 Å². The molecule has 0 saturated carbocycles. The Morgan fingerprint density at radius 3 is 2.50 bits per heavy atom. The van der Waals surface area contributed by atoms with Crippen LogP contribution < -0.4 is 4.72 Å². The first kappa shape index (κ1) is 21.8. The summed E-state index contributed by atoms with van der Waals surface area (Å²) in [6.45, 7) is 8.95. The van der Waals surface area contributed by atoms with Crippen molar-refractivity contribution in [1.29, 1.82) is 0 Å². The van der Waals surface area contributed by atoms with E-state index in [-0.39, 0.29) is 5.60 Å². The Labute approximate surface area is 170 Å². The molecule has 1 spiro atoms. The number of nitrogens with zero attached hydrogens (tertiary/aromatic N) is 1. The van der Waals surface area contributed by atoms with Crippen molar-refractivity contribution < 1.29 is 13.2 Å². The van der Waals surface area contributed by atoms with Gasteiger partial charge in [-0.3, -0.25) is 4.90 Å². The highest BCUT2D eigenvalue weighted by Gasteiger charge is 2.40. The van der Waals surface area contributed by atoms with Crippen LogP contribution in [0.2, 0.25) is 0 Å². The van der Waals surface area contributed by atoms with Crippen molar-refractivity contribution in [1.82, 2.24) is 9.62 Å². The highest BCUT2D eigenvalue weighted by atomic mass is 32.2. The van der Waals surface area contributed by atoms with Gasteiger partial charge in [-0.15, -0.1) is 0 Å². The topological polar surface area (TPSA) is 58.6 Å². The summed E-state index contributed by atoms with van der Waals surface area (Å²) in [5, 5.41) is 0. The molecule has 1 N–H and O–H groups in total. The first-order valence-corrected chi connectivity index (χ1v) is 12.5. The maximum atomic E-state index is 11.3. The van der Waals surface area contributed by atoms with E-state index in [1.54, 1.807) is 0 Å². The largest absolute Gasteiger partial charge is 0.375 e. The molecule has 5 nitrogen and oxygen atoms in total. The molecule has 2 saturated heterocycles. The lowest BCUT2D eigenvalue weighted by Gasteiger charge is -2.46. The Kier molecular flexibility index (Phi) is 7.18. The Bertz CT molecular complexity index is 723. The van der Waals surface area contributed by atoms with Gasteiger partial charge in [-0.1, -0.05) is 38.1 Å². The molecule has 0 amide bonds. The van der Waals surface area contributed by atoms with Gasteiger partial charge in [0.15, 0.2) is 0 Å². The number of piperidine rings is 1. The van der Waals surface area contributed by atoms with Gasteiger partial charge in [-0.2, -0.15) is 0 Å². The molecule has 0 bridgehead atoms. The summed E-state index contributed by atoms with van der Waals surface area (Å²) in [6, 6.07) is 9.04. The smallest absolute Gasteiger partial charge is 0.208 e. The summed E-state index contributed by atoms with van der Waals surface area (Å²) < 4.78 is 31.4. The van der Waals surface area contributed by atoms with Gasteiger partial charge in [0.05, 0.1) is 11.9 Å². The number of rotatable bonds is 7. The molecule has 158 valence electrons. The zero-order valence-corrected chi connectivity index (χ0v) is 18.4. The van der Waals surface area contributed by atoms with E-state index in [1.165, 1.54) is 17.4 Å². The SMILES string of the molecule is CC(C)c1ccc(CN2CCC3(CC2)CC(CCNS(C)(=O)=O)CCO3)cc1. The third kappa shape index (κ3) is 6.28. The van der Waals surface area contributed by atoms with E-state index >= 15 is 0 Å². The van der Waals surface area contributed by atoms with E-state index in [2.05, 4.69) is 47.7 Å². The summed E-state index contributed by atoms with van der Waals surface area (Å²) in [4.78, 5) is 2.54. The number of hydrogen-bond acceptors (Lipinski definition) is 4. The van der Waals surface area contributed by atoms with Crippen molar-refractivity contribution in [2.45, 2.75) is 64.0 Å². The number of nitrogens with one attached hydrogen (secondary N) is 1. The van der Waals surface area contributed by atoms with E-state index in [0.29, 0.717) is 18.4 Å². The maximum absolute atomic E-state index is 11.3. The van der Waals surface area contributed by atoms with Crippen molar-refractivity contribution in [3.05, 3.63) is 35.4 Å². The van der Waals surface area contributed by atoms with Crippen LogP contribution in [0.15, 0.2) is 24.3 Å². The molecule has 2 fully saturated rings. The number of sulfonamides is 1. The number of benzene rings is 1. The van der Waals surface area contributed by atoms with E-state index in [4.69, 9.17) is 4.74 Å². The van der Waals surface area contributed by atoms with E-state index in [1.807, 2.05) is 0 Å². The third-order valence-corrected chi connectivity index (χ3v) is 7.06. The molecule has 2 heterocycles. The van der Waals surface area contributed by atoms with Gasteiger partial charge in [0, 0.05) is 32.8 Å². The van der Waals surface area contributed by atoms with Gasteiger partial charge >= 0.3 is 0 Å². The minimum Gasteiger partial charge on any atom is -0.375 e. The van der Waals surface area contributed by atoms with Crippen LogP contribution in [0.25, 0.3) is 0 Å². The zero-order valence-electron chi connectivity index (χ0n) is 17.6. The van der Waals surface area contributed by atoms with E-state index < -0.39 is 10.0 Å². The second-order valence-electron chi connectivity index (χ2n) is 9.02. The molecular weight excluding hydrogens is 372 g/mol. The molecule has 1 aromatic rings. The standard InChI is InChI=1S/C22H36N2O3S/c1-18(2)21-6-4-20(5-7-21)17-24-13-10-22(11-14-24)16-19(9-15-27-22)8-12-23-28(3,25)26/h4-7,18-19,23H,8-17H2,1-3H3. The van der Waals surface area contributed by atoms with Gasteiger partial charge < -0.3 is 4.74 Å². The predicted octanol–water partition coefficient (Wildman–Crippen LogP) is 3.51. The number of ether oxygens (including phenoxy) is 1. The fourth-order valence-corrected chi connectivity index (χ4v) is 5.05. The van der Waals surface area contributed by atoms with E-state index in [9.17, 15) is 8.42 Å². The lowest BCUT2D eigenvalue weighted by atomic mass is 9.78. The highest BCUT2D eigenvalue weighted by molar-refractivity contribution is 7.88. The second-order valence-corrected chi connectivity index (χ2v) is 10.9. The van der Waals surface area contributed by atoms with Crippen LogP contribution >= 0.6 is 0 Å². The monoisotopic (exact) mass is 408 g/mol. The average Bonchev–Trinajstić information content (AvgIpc) is 2.63. The minimum atomic E-state index is -3.09. The molecule has 6 heteroatoms. The molecule has 2 aliphatic rings. The van der Waals surface area contributed by atoms with Crippen LogP contribution in [0, 0.1) is 5.92 Å². The summed E-state index contributed by atoms with van der Waals surface area (Å²) in [7, 11) is -3.09. The van der Waals surface area contributed by atoms with Crippen molar-refractivity contribution in [3.8, 4) is 0 Å². The molecule has 1 unspecified atom stereocenters. The molecule has 2 aliphatic heterocycles. The van der Waals surface area contributed by atoms with Gasteiger partial charge in [0.1, 0.15) is 0 Å². The van der Waals surface area contributed by atoms with Crippen molar-refractivity contribution in [3.63, 3.8) is 0 Å². The summed E-state index contributed by atoms with van der Waals surface area (Å²) in [5.74, 6) is 1.13. The number of hydrogen-bond donors (Lipinski definition) is 1. The summed E-state index contributed by atoms with van der Waals surface area (Å²) in [6.07, 6.45) is 6.39. The van der Waals surface area contributed by atoms with Gasteiger partial charge in [0.25, 0.3) is 0 Å². The molecular formula is C22H36N2O3S. The quantitative estimate of drug-likeness (QED) is 0.750. The van der Waals surface area contributed by atoms with Gasteiger partial charge in [0.2, 0.25) is 10.0 Å². The van der Waals surface area contributed by atoms with Crippen LogP contribution in [-0.4, -0.2) is 51.4 Å². The lowest BCUT2D eigenvalue weighted by molar-refractivity contribution is -0.128. The molecule has 1 atom stereocenters. The molecule has 0 aliphatic carbocycles. The van der Waals surface area contributed by atoms with Crippen LogP contribution in [0.1, 0.15) is 63.0 Å². The summed E-state index contributed by atoms with van der Waals surface area (Å²) in [5.41, 5.74) is 2.79. The molecule has 28 heavy (non-hydrogen) atoms. The molecule has 0 radical (unpaired) electrons. The average molecular weight is 409 g/mol. The fourth-order valence-electron chi connectivity index (χ4n) is 4.56. The Hall–Kier alpha value is -0.950. The number of likely N-dealkylation sites (tertiary alicyclic amines) is 1. The van der Waals surface area contributed by atoms with Crippen molar-refractivity contribution in [2.75, 3.05) is 32.5 Å². The fraction of sp³-hybridized carbons (Fsp3) is 0.727. The third-order valence-electron chi connectivity index (χ3n) is 6.33. The lowest BCUT2D eigenvalue weighted by Crippen LogP contribution is -2.49. The van der Waals surface area contributed by atoms with E-state index in [0.717, 1.165) is 58.3 Å². The first-order valence-electron chi connectivity index (χ1n) is 10.6. The van der Waals surface area contributed by atoms with Crippen LogP contribution in [0.5, 0.6) is 0 Å². The van der Waals surface area contributed by atoms with Gasteiger partial charge in [-0.05, 0) is 55.1 Å². The van der Waals surface area contributed by atoms with Crippen molar-refractivity contribution in [2.24, 2.45) is 5.92 Å². The molecule has 1 aromatic carbocycles. The maximum Gasteiger partial charge on any atom is 0.208 e. The van der Waals surface area contributed by atoms with Crippen LogP contribution in [0.3, 0.4) is 0 Å². The van der Waals surface area contributed by atoms with Crippen LogP contribution in [0.4, 0.5) is 0 Å².